The minimum Gasteiger partial charge on any atom is -0.381 e. The Morgan fingerprint density at radius 3 is 2.52 bits per heavy atom. The molecule has 3 rings (SSSR count). The average Bonchev–Trinajstić information content (AvgIpc) is 3.03. The normalized spacial score (nSPS) is 18.1. The number of amides is 1. The van der Waals surface area contributed by atoms with Gasteiger partial charge in [-0.2, -0.15) is 5.10 Å². The first kappa shape index (κ1) is 19.8. The Morgan fingerprint density at radius 2 is 1.89 bits per heavy atom. The highest BCUT2D eigenvalue weighted by Crippen LogP contribution is 2.34. The zero-order valence-electron chi connectivity index (χ0n) is 16.4. The van der Waals surface area contributed by atoms with Gasteiger partial charge in [-0.15, -0.1) is 4.21 Å². The highest BCUT2D eigenvalue weighted by atomic mass is 32.2. The van der Waals surface area contributed by atoms with Gasteiger partial charge >= 0.3 is 0 Å². The van der Waals surface area contributed by atoms with E-state index in [0.29, 0.717) is 19.0 Å². The minimum atomic E-state index is -2.41. The van der Waals surface area contributed by atoms with E-state index in [4.69, 9.17) is 4.74 Å². The first-order valence-electron chi connectivity index (χ1n) is 9.20. The van der Waals surface area contributed by atoms with Gasteiger partial charge in [0.15, 0.2) is 0 Å². The lowest BCUT2D eigenvalue weighted by Crippen LogP contribution is -2.53. The fourth-order valence-electron chi connectivity index (χ4n) is 3.33. The summed E-state index contributed by atoms with van der Waals surface area (Å²) < 4.78 is 19.6. The summed E-state index contributed by atoms with van der Waals surface area (Å²) in [6.45, 7) is 4.76. The summed E-state index contributed by atoms with van der Waals surface area (Å²) in [5.74, 6) is 0.346. The molecule has 1 aromatic carbocycles. The highest BCUT2D eigenvalue weighted by Gasteiger charge is 2.53. The van der Waals surface area contributed by atoms with E-state index in [1.807, 2.05) is 36.4 Å². The van der Waals surface area contributed by atoms with Crippen LogP contribution in [-0.4, -0.2) is 45.2 Å². The molecule has 0 saturated carbocycles. The molecular weight excluding hydrogens is 362 g/mol. The fourth-order valence-corrected chi connectivity index (χ4v) is 5.67. The van der Waals surface area contributed by atoms with Gasteiger partial charge in [-0.05, 0) is 13.8 Å². The van der Waals surface area contributed by atoms with Gasteiger partial charge in [0.2, 0.25) is 4.75 Å². The molecule has 1 N–H and O–H groups in total. The van der Waals surface area contributed by atoms with Crippen LogP contribution in [0, 0.1) is 0 Å². The van der Waals surface area contributed by atoms with E-state index in [2.05, 4.69) is 10.4 Å². The molecule has 1 aliphatic rings. The van der Waals surface area contributed by atoms with Crippen LogP contribution in [0.1, 0.15) is 26.7 Å². The molecule has 2 heterocycles. The van der Waals surface area contributed by atoms with E-state index in [-0.39, 0.29) is 11.2 Å². The molecule has 0 spiro atoms. The standard InChI is InChI=1S/C20H27N3O3S/c1-20(2,27(4,25)16-10-12-26-13-11-16)19(24)21-18-14-17(22-23(18)3)15-8-6-5-7-9-15/h5-9,14,16H,10-13H2,1-4H3/p+1. The molecule has 0 bridgehead atoms. The Morgan fingerprint density at radius 1 is 1.26 bits per heavy atom. The number of carbonyl (C=O) groups excluding carboxylic acids is 1. The van der Waals surface area contributed by atoms with Crippen LogP contribution in [-0.2, 0) is 30.7 Å². The van der Waals surface area contributed by atoms with E-state index >= 15 is 0 Å². The molecule has 1 aliphatic heterocycles. The summed E-state index contributed by atoms with van der Waals surface area (Å²) in [5, 5.41) is 7.42. The second kappa shape index (κ2) is 7.56. The number of carbonyl (C=O) groups is 1. The van der Waals surface area contributed by atoms with Gasteiger partial charge in [0.05, 0.1) is 28.8 Å². The summed E-state index contributed by atoms with van der Waals surface area (Å²) >= 11 is 0. The maximum Gasteiger partial charge on any atom is 0.280 e. The molecule has 0 radical (unpaired) electrons. The number of hydrogen-bond donors (Lipinski definition) is 1. The van der Waals surface area contributed by atoms with E-state index in [1.54, 1.807) is 31.8 Å². The van der Waals surface area contributed by atoms with Crippen LogP contribution in [0.5, 0.6) is 0 Å². The van der Waals surface area contributed by atoms with Crippen molar-refractivity contribution in [1.82, 2.24) is 9.78 Å². The van der Waals surface area contributed by atoms with Crippen molar-refractivity contribution in [2.75, 3.05) is 24.8 Å². The molecular formula is C20H28N3O3S+. The van der Waals surface area contributed by atoms with Gasteiger partial charge in [-0.1, -0.05) is 30.3 Å². The molecule has 1 amide bonds. The van der Waals surface area contributed by atoms with Crippen LogP contribution >= 0.6 is 0 Å². The zero-order chi connectivity index (χ0) is 19.7. The number of anilines is 1. The molecule has 2 aromatic rings. The SMILES string of the molecule is Cn1nc(-c2ccccc2)cc1NC(=O)C(C)(C)[S+](C)(=O)C1CCOCC1. The van der Waals surface area contributed by atoms with Gasteiger partial charge in [-0.3, -0.25) is 9.48 Å². The number of ether oxygens (including phenoxy) is 1. The van der Waals surface area contributed by atoms with E-state index in [0.717, 1.165) is 24.1 Å². The van der Waals surface area contributed by atoms with E-state index in [9.17, 15) is 9.00 Å². The number of benzene rings is 1. The van der Waals surface area contributed by atoms with Crippen molar-refractivity contribution in [1.29, 1.82) is 0 Å². The molecule has 1 saturated heterocycles. The molecule has 1 aromatic heterocycles. The summed E-state index contributed by atoms with van der Waals surface area (Å²) in [7, 11) is -0.622. The fraction of sp³-hybridized carbons (Fsp3) is 0.500. The lowest BCUT2D eigenvalue weighted by atomic mass is 10.1. The third kappa shape index (κ3) is 3.84. The van der Waals surface area contributed by atoms with Crippen molar-refractivity contribution in [2.24, 2.45) is 7.05 Å². The van der Waals surface area contributed by atoms with Gasteiger partial charge in [0.25, 0.3) is 5.91 Å². The van der Waals surface area contributed by atoms with Crippen LogP contribution in [0.25, 0.3) is 11.3 Å². The van der Waals surface area contributed by atoms with Crippen molar-refractivity contribution in [3.05, 3.63) is 36.4 Å². The topological polar surface area (TPSA) is 73.2 Å². The Balaban J connectivity index is 1.80. The number of hydrogen-bond acceptors (Lipinski definition) is 4. The smallest absolute Gasteiger partial charge is 0.280 e. The molecule has 7 heteroatoms. The number of nitrogens with one attached hydrogen (secondary N) is 1. The number of aromatic nitrogens is 2. The number of aryl methyl sites for hydroxylation is 1. The zero-order valence-corrected chi connectivity index (χ0v) is 17.2. The van der Waals surface area contributed by atoms with Crippen molar-refractivity contribution >= 4 is 21.7 Å². The van der Waals surface area contributed by atoms with Gasteiger partial charge in [-0.25, -0.2) is 0 Å². The third-order valence-corrected chi connectivity index (χ3v) is 9.51. The maximum absolute atomic E-state index is 13.6. The summed E-state index contributed by atoms with van der Waals surface area (Å²) in [4.78, 5) is 13.1. The van der Waals surface area contributed by atoms with Crippen molar-refractivity contribution in [2.45, 2.75) is 36.7 Å². The molecule has 6 nitrogen and oxygen atoms in total. The summed E-state index contributed by atoms with van der Waals surface area (Å²) in [6, 6.07) is 11.6. The van der Waals surface area contributed by atoms with Crippen LogP contribution in [0.3, 0.4) is 0 Å². The van der Waals surface area contributed by atoms with E-state index < -0.39 is 14.7 Å². The molecule has 146 valence electrons. The molecule has 0 aliphatic carbocycles. The largest absolute Gasteiger partial charge is 0.381 e. The predicted molar refractivity (Wildman–Crippen MR) is 109 cm³/mol. The lowest BCUT2D eigenvalue weighted by Gasteiger charge is -2.32. The Labute approximate surface area is 161 Å². The van der Waals surface area contributed by atoms with Gasteiger partial charge < -0.3 is 10.1 Å². The maximum atomic E-state index is 13.6. The second-order valence-electron chi connectivity index (χ2n) is 7.58. The number of rotatable bonds is 5. The first-order valence-corrected chi connectivity index (χ1v) is 11.2. The van der Waals surface area contributed by atoms with Crippen LogP contribution in [0.2, 0.25) is 0 Å². The average molecular weight is 391 g/mol. The van der Waals surface area contributed by atoms with Crippen molar-refractivity contribution in [3.8, 4) is 11.3 Å². The summed E-state index contributed by atoms with van der Waals surface area (Å²) in [5.41, 5.74) is 1.77. The number of nitrogens with zero attached hydrogens (tertiary/aromatic N) is 2. The Hall–Kier alpha value is -1.99. The van der Waals surface area contributed by atoms with Crippen molar-refractivity contribution < 1.29 is 13.7 Å². The molecule has 1 fully saturated rings. The Kier molecular flexibility index (Phi) is 5.53. The van der Waals surface area contributed by atoms with E-state index in [1.165, 1.54) is 0 Å². The van der Waals surface area contributed by atoms with Crippen LogP contribution in [0.4, 0.5) is 5.82 Å². The Bertz CT molecular complexity index is 855. The minimum absolute atomic E-state index is 0.00147. The van der Waals surface area contributed by atoms with Crippen LogP contribution in [0.15, 0.2) is 36.4 Å². The van der Waals surface area contributed by atoms with Crippen molar-refractivity contribution in [3.63, 3.8) is 0 Å². The highest BCUT2D eigenvalue weighted by molar-refractivity contribution is 8.04. The first-order chi connectivity index (χ1) is 12.7. The second-order valence-corrected chi connectivity index (χ2v) is 11.1. The molecule has 27 heavy (non-hydrogen) atoms. The van der Waals surface area contributed by atoms with Crippen LogP contribution < -0.4 is 5.32 Å². The predicted octanol–water partition coefficient (Wildman–Crippen LogP) is 3.11. The quantitative estimate of drug-likeness (QED) is 0.796. The monoisotopic (exact) mass is 390 g/mol. The summed E-state index contributed by atoms with van der Waals surface area (Å²) in [6.07, 6.45) is 3.20. The lowest BCUT2D eigenvalue weighted by molar-refractivity contribution is -0.117. The molecule has 1 atom stereocenters. The molecule has 1 unspecified atom stereocenters. The third-order valence-electron chi connectivity index (χ3n) is 5.56. The van der Waals surface area contributed by atoms with Gasteiger partial charge in [0.1, 0.15) is 17.3 Å². The van der Waals surface area contributed by atoms with Gasteiger partial charge in [0, 0.05) is 31.5 Å².